The Hall–Kier alpha value is -3.00. The van der Waals surface area contributed by atoms with E-state index >= 15 is 43.9 Å². The smallest absolute Gasteiger partial charge is 0.388 e. The predicted octanol–water partition coefficient (Wildman–Crippen LogP) is 6.35. The summed E-state index contributed by atoms with van der Waals surface area (Å²) in [7, 11) is 0. The van der Waals surface area contributed by atoms with Crippen molar-refractivity contribution in [3.63, 3.8) is 0 Å². The summed E-state index contributed by atoms with van der Waals surface area (Å²) in [4.78, 5) is 24.1. The summed E-state index contributed by atoms with van der Waals surface area (Å²) >= 11 is 0. The molecule has 12 atom stereocenters. The number of ether oxygens (including phenoxy) is 4. The minimum atomic E-state index is -8.35. The Bertz CT molecular complexity index is 2030. The van der Waals surface area contributed by atoms with E-state index < -0.39 is 180 Å². The van der Waals surface area contributed by atoms with Gasteiger partial charge in [-0.25, -0.2) is 43.9 Å². The summed E-state index contributed by atoms with van der Waals surface area (Å²) in [5.41, 5.74) is -79.7. The summed E-state index contributed by atoms with van der Waals surface area (Å²) in [5.74, 6) is -75.2. The number of carbonyl (C=O) groups excluding carboxylic acids is 2. The number of carbonyl (C=O) groups is 2. The highest BCUT2D eigenvalue weighted by Gasteiger charge is 3.23. The molecule has 8 rings (SSSR count). The highest BCUT2D eigenvalue weighted by Crippen LogP contribution is 2.88. The summed E-state index contributed by atoms with van der Waals surface area (Å²) in [6.45, 7) is -11.5. The molecular weight excluding hydrogens is 1060 g/mol. The Morgan fingerprint density at radius 3 is 0.824 bits per heavy atom. The molecule has 8 fully saturated rings. The molecule has 394 valence electrons. The van der Waals surface area contributed by atoms with Crippen LogP contribution in [0.5, 0.6) is 0 Å². The molecule has 12 unspecified atom stereocenters. The van der Waals surface area contributed by atoms with Crippen LogP contribution in [0.25, 0.3) is 0 Å². The number of Topliss-reactive ketones (excluding diaryl/α,β-unsaturated/α-hetero) is 2. The standard InChI is InChI=1S/C30H16F30O8/c31-11-9(63)13(33)23(45,46)17(37,27(53,54)19(39,21(11,41)42)25(13,49)50)15(11,35)29(57,58)67-5-7(61)3-65-1-2-66-4-8(62)6-68-30(59,60)16(36)12(32)10(64)14(34)24(47,48)18(16,38)28(55,56)20(40,22(12,43)44)26(14,51)52/h7-8,61-62H,1-6H2. The number of rotatable bonds is 15. The van der Waals surface area contributed by atoms with Gasteiger partial charge in [-0.3, -0.25) is 9.59 Å². The maximum Gasteiger partial charge on any atom is 0.397 e. The molecule has 8 aliphatic rings. The maximum atomic E-state index is 15.9. The SMILES string of the molecule is O=C1C2(F)C(F)(F)C3(F)C(F)(F)C1(F)C(F)(C(F)(F)OCC(O)COCCOCC(O)COC(F)(F)C1(F)C4(F)C(=O)C5(F)C(F)(F)C(F)(C4(F)F)C(F)(F)C1(F)C5(F)F)C(F)(C2(F)F)C3(F)F. The Kier molecular flexibility index (Phi) is 10.5. The second kappa shape index (κ2) is 13.1. The molecule has 0 aromatic heterocycles. The van der Waals surface area contributed by atoms with Crippen molar-refractivity contribution in [2.24, 2.45) is 0 Å². The van der Waals surface area contributed by atoms with Gasteiger partial charge in [0.15, 0.2) is 0 Å². The van der Waals surface area contributed by atoms with Crippen LogP contribution in [0.15, 0.2) is 0 Å². The lowest BCUT2D eigenvalue weighted by molar-refractivity contribution is -0.555. The van der Waals surface area contributed by atoms with Crippen LogP contribution in [0.3, 0.4) is 0 Å². The lowest BCUT2D eigenvalue weighted by Gasteiger charge is -2.72. The quantitative estimate of drug-likeness (QED) is 0.145. The van der Waals surface area contributed by atoms with E-state index in [1.165, 1.54) is 0 Å². The van der Waals surface area contributed by atoms with Gasteiger partial charge in [0.1, 0.15) is 12.2 Å². The Balaban J connectivity index is 1.09. The fraction of sp³-hybridized carbons (Fsp3) is 0.933. The van der Waals surface area contributed by atoms with Gasteiger partial charge in [-0.15, -0.1) is 0 Å². The van der Waals surface area contributed by atoms with Gasteiger partial charge in [-0.2, -0.15) is 87.8 Å². The lowest BCUT2D eigenvalue weighted by Crippen LogP contribution is -3.08. The van der Waals surface area contributed by atoms with Crippen LogP contribution in [-0.2, 0) is 28.5 Å². The van der Waals surface area contributed by atoms with Crippen molar-refractivity contribution in [3.8, 4) is 0 Å². The molecule has 0 amide bonds. The van der Waals surface area contributed by atoms with Crippen LogP contribution in [0.2, 0.25) is 0 Å². The van der Waals surface area contributed by atoms with E-state index in [4.69, 9.17) is 0 Å². The third-order valence-corrected chi connectivity index (χ3v) is 12.8. The van der Waals surface area contributed by atoms with Gasteiger partial charge in [-0.05, 0) is 0 Å². The summed E-state index contributed by atoms with van der Waals surface area (Å²) in [6.07, 6.45) is -21.2. The van der Waals surface area contributed by atoms with E-state index in [1.807, 2.05) is 0 Å². The lowest BCUT2D eigenvalue weighted by atomic mass is 9.38. The minimum absolute atomic E-state index is 1.29. The third kappa shape index (κ3) is 4.20. The second-order valence-electron chi connectivity index (χ2n) is 16.0. The zero-order chi connectivity index (χ0) is 53.4. The normalized spacial score (nSPS) is 46.8. The molecule has 0 heterocycles. The summed E-state index contributed by atoms with van der Waals surface area (Å²) < 4.78 is 464. The fourth-order valence-corrected chi connectivity index (χ4v) is 9.34. The topological polar surface area (TPSA) is 112 Å². The van der Waals surface area contributed by atoms with Gasteiger partial charge in [-0.1, -0.05) is 0 Å². The molecule has 8 aliphatic carbocycles. The Morgan fingerprint density at radius 1 is 0.353 bits per heavy atom. The summed E-state index contributed by atoms with van der Waals surface area (Å²) in [6, 6.07) is 0. The van der Waals surface area contributed by atoms with E-state index in [0.29, 0.717) is 0 Å². The van der Waals surface area contributed by atoms with Crippen molar-refractivity contribution in [3.05, 3.63) is 0 Å². The molecular formula is C30H16F30O8. The highest BCUT2D eigenvalue weighted by molar-refractivity contribution is 6.05. The van der Waals surface area contributed by atoms with Crippen LogP contribution in [0, 0.1) is 0 Å². The second-order valence-corrected chi connectivity index (χ2v) is 16.0. The van der Waals surface area contributed by atoms with E-state index in [1.54, 1.807) is 0 Å². The molecule has 2 N–H and O–H groups in total. The van der Waals surface area contributed by atoms with Crippen LogP contribution < -0.4 is 0 Å². The zero-order valence-electron chi connectivity index (χ0n) is 31.1. The van der Waals surface area contributed by atoms with Crippen LogP contribution in [0.4, 0.5) is 132 Å². The first-order chi connectivity index (χ1) is 29.8. The molecule has 8 bridgehead atoms. The number of hydrogen-bond donors (Lipinski definition) is 2. The van der Waals surface area contributed by atoms with E-state index in [-0.39, 0.29) is 0 Å². The summed E-state index contributed by atoms with van der Waals surface area (Å²) in [5, 5.41) is 19.3. The van der Waals surface area contributed by atoms with Crippen molar-refractivity contribution in [1.29, 1.82) is 0 Å². The Morgan fingerprint density at radius 2 is 0.574 bits per heavy atom. The van der Waals surface area contributed by atoms with Crippen molar-refractivity contribution in [1.82, 2.24) is 0 Å². The number of aliphatic hydroxyl groups is 2. The maximum absolute atomic E-state index is 15.9. The molecule has 0 spiro atoms. The molecule has 0 saturated heterocycles. The van der Waals surface area contributed by atoms with Gasteiger partial charge in [0.05, 0.1) is 39.6 Å². The van der Waals surface area contributed by atoms with Crippen LogP contribution in [-0.4, -0.2) is 190 Å². The molecule has 38 heteroatoms. The first kappa shape index (κ1) is 54.3. The fourth-order valence-electron chi connectivity index (χ4n) is 9.34. The molecule has 68 heavy (non-hydrogen) atoms. The molecule has 0 aliphatic heterocycles. The van der Waals surface area contributed by atoms with E-state index in [0.717, 1.165) is 0 Å². The number of halogens is 30. The largest absolute Gasteiger partial charge is 0.397 e. The molecule has 8 saturated carbocycles. The first-order valence-electron chi connectivity index (χ1n) is 17.4. The highest BCUT2D eigenvalue weighted by atomic mass is 19.4. The van der Waals surface area contributed by atoms with Crippen LogP contribution >= 0.6 is 0 Å². The van der Waals surface area contributed by atoms with Gasteiger partial charge < -0.3 is 29.2 Å². The average Bonchev–Trinajstić information content (AvgIpc) is 3.21. The van der Waals surface area contributed by atoms with Gasteiger partial charge in [0.25, 0.3) is 34.0 Å². The predicted molar refractivity (Wildman–Crippen MR) is 143 cm³/mol. The van der Waals surface area contributed by atoms with Gasteiger partial charge in [0, 0.05) is 0 Å². The van der Waals surface area contributed by atoms with Gasteiger partial charge >= 0.3 is 82.3 Å². The Labute approximate surface area is 351 Å². The molecule has 0 aromatic rings. The number of ketones is 2. The van der Waals surface area contributed by atoms with Crippen molar-refractivity contribution in [2.45, 2.75) is 128 Å². The molecule has 0 radical (unpaired) electrons. The van der Waals surface area contributed by atoms with Crippen molar-refractivity contribution >= 4 is 11.6 Å². The third-order valence-electron chi connectivity index (χ3n) is 12.8. The van der Waals surface area contributed by atoms with E-state index in [2.05, 4.69) is 18.9 Å². The van der Waals surface area contributed by atoms with Crippen molar-refractivity contribution in [2.75, 3.05) is 39.6 Å². The first-order valence-corrected chi connectivity index (χ1v) is 17.4. The van der Waals surface area contributed by atoms with Crippen molar-refractivity contribution < 1.29 is 170 Å². The number of aliphatic hydroxyl groups excluding tert-OH is 2. The number of hydrogen-bond acceptors (Lipinski definition) is 8. The molecule has 0 aromatic carbocycles. The number of alkyl halides is 30. The zero-order valence-corrected chi connectivity index (χ0v) is 31.1. The monoisotopic (exact) mass is 1070 g/mol. The minimum Gasteiger partial charge on any atom is -0.388 e. The van der Waals surface area contributed by atoms with Crippen LogP contribution in [0.1, 0.15) is 0 Å². The average molecular weight is 1070 g/mol. The van der Waals surface area contributed by atoms with Gasteiger partial charge in [0.2, 0.25) is 11.6 Å². The molecule has 8 nitrogen and oxygen atoms in total. The van der Waals surface area contributed by atoms with E-state index in [9.17, 15) is 108 Å².